The van der Waals surface area contributed by atoms with E-state index in [4.69, 9.17) is 0 Å². The molecule has 0 aliphatic heterocycles. The van der Waals surface area contributed by atoms with Crippen molar-refractivity contribution in [2.75, 3.05) is 0 Å². The maximum atomic E-state index is 2.51. The Morgan fingerprint density at radius 3 is 2.17 bits per heavy atom. The molecule has 0 unspecified atom stereocenters. The van der Waals surface area contributed by atoms with Crippen LogP contribution in [0.15, 0.2) is 36.4 Å². The van der Waals surface area contributed by atoms with Gasteiger partial charge in [0.05, 0.1) is 8.07 Å². The van der Waals surface area contributed by atoms with Crippen molar-refractivity contribution in [1.82, 2.24) is 0 Å². The second-order valence-corrected chi connectivity index (χ2v) is 11.6. The topological polar surface area (TPSA) is 0 Å². The Morgan fingerprint density at radius 1 is 0.958 bits per heavy atom. The van der Waals surface area contributed by atoms with Crippen molar-refractivity contribution < 1.29 is 21.7 Å². The SMILES string of the molecule is Cc1c[c-](C[Si](C)(C)c2ccccc2)c2c1CCCC2.[CH3-].[CH3-].[CH3-].[Ti+4]. The molecule has 0 spiro atoms. The van der Waals surface area contributed by atoms with Crippen molar-refractivity contribution in [2.24, 2.45) is 0 Å². The van der Waals surface area contributed by atoms with Gasteiger partial charge in [0.1, 0.15) is 0 Å². The molecule has 1 aliphatic carbocycles. The molecule has 0 radical (unpaired) electrons. The molecule has 3 rings (SSSR count). The van der Waals surface area contributed by atoms with Gasteiger partial charge >= 0.3 is 21.7 Å². The average Bonchev–Trinajstić information content (AvgIpc) is 2.76. The number of benzene rings is 1. The van der Waals surface area contributed by atoms with Crippen LogP contribution in [0.2, 0.25) is 13.1 Å². The zero-order chi connectivity index (χ0) is 14.2. The van der Waals surface area contributed by atoms with E-state index in [0.29, 0.717) is 0 Å². The van der Waals surface area contributed by atoms with Gasteiger partial charge in [-0.05, 0) is 0 Å². The molecule has 0 nitrogen and oxygen atoms in total. The normalized spacial score (nSPS) is 12.6. The Balaban J connectivity index is 0. The van der Waals surface area contributed by atoms with E-state index in [-0.39, 0.29) is 44.0 Å². The summed E-state index contributed by atoms with van der Waals surface area (Å²) in [6.45, 7) is 7.34. The summed E-state index contributed by atoms with van der Waals surface area (Å²) < 4.78 is 0. The van der Waals surface area contributed by atoms with Crippen LogP contribution in [0, 0.1) is 29.2 Å². The minimum Gasteiger partial charge on any atom is -0.358 e. The third-order valence-corrected chi connectivity index (χ3v) is 8.07. The van der Waals surface area contributed by atoms with Crippen molar-refractivity contribution >= 4 is 13.3 Å². The first-order valence-electron chi connectivity index (χ1n) is 7.90. The first-order chi connectivity index (χ1) is 9.58. The standard InChI is InChI=1S/C19H25Si.3CH3.Ti/c1-15-13-16(19-12-8-7-11-18(15)19)14-20(2,3)17-9-5-4-6-10-17;;;;/h4-6,9-10,13H,7-8,11-12,14H2,1-3H3;3*1H3;/q4*-1;+4. The van der Waals surface area contributed by atoms with Gasteiger partial charge in [-0.15, -0.1) is 0 Å². The van der Waals surface area contributed by atoms with E-state index in [1.54, 1.807) is 27.4 Å². The van der Waals surface area contributed by atoms with Crippen LogP contribution in [0.4, 0.5) is 0 Å². The van der Waals surface area contributed by atoms with Gasteiger partial charge in [-0.25, -0.2) is 0 Å². The van der Waals surface area contributed by atoms with Gasteiger partial charge in [0.2, 0.25) is 0 Å². The molecule has 0 saturated heterocycles. The third-order valence-electron chi connectivity index (χ3n) is 4.91. The van der Waals surface area contributed by atoms with Crippen molar-refractivity contribution in [3.63, 3.8) is 0 Å². The number of hydrogen-bond acceptors (Lipinski definition) is 0. The first kappa shape index (κ1) is 25.7. The van der Waals surface area contributed by atoms with Crippen LogP contribution in [-0.2, 0) is 40.6 Å². The zero-order valence-corrected chi connectivity index (χ0v) is 19.1. The van der Waals surface area contributed by atoms with Crippen LogP contribution in [-0.4, -0.2) is 8.07 Å². The average molecular weight is 374 g/mol. The smallest absolute Gasteiger partial charge is 0.358 e. The molecule has 2 heteroatoms. The van der Waals surface area contributed by atoms with Gasteiger partial charge in [0.25, 0.3) is 0 Å². The molecule has 0 atom stereocenters. The summed E-state index contributed by atoms with van der Waals surface area (Å²) in [5.74, 6) is 0. The van der Waals surface area contributed by atoms with E-state index in [9.17, 15) is 0 Å². The van der Waals surface area contributed by atoms with Crippen LogP contribution in [0.3, 0.4) is 0 Å². The Kier molecular flexibility index (Phi) is 11.2. The zero-order valence-electron chi connectivity index (χ0n) is 16.5. The fourth-order valence-electron chi connectivity index (χ4n) is 3.76. The largest absolute Gasteiger partial charge is 4.00 e. The second-order valence-electron chi connectivity index (χ2n) is 6.94. The molecule has 0 N–H and O–H groups in total. The van der Waals surface area contributed by atoms with Crippen LogP contribution < -0.4 is 5.19 Å². The molecule has 130 valence electrons. The number of aryl methyl sites for hydroxylation is 1. The predicted molar refractivity (Wildman–Crippen MR) is 110 cm³/mol. The molecule has 24 heavy (non-hydrogen) atoms. The predicted octanol–water partition coefficient (Wildman–Crippen LogP) is 5.64. The summed E-state index contributed by atoms with van der Waals surface area (Å²) >= 11 is 0. The molecule has 1 aliphatic rings. The van der Waals surface area contributed by atoms with Crippen LogP contribution in [0.25, 0.3) is 0 Å². The molecular formula is C22H34SiTi. The fraction of sp³-hybridized carbons (Fsp3) is 0.364. The third kappa shape index (κ3) is 5.25. The quantitative estimate of drug-likeness (QED) is 0.482. The monoisotopic (exact) mass is 374 g/mol. The van der Waals surface area contributed by atoms with E-state index in [1.165, 1.54) is 31.7 Å². The number of fused-ring (bicyclic) bond motifs is 1. The summed E-state index contributed by atoms with van der Waals surface area (Å²) in [4.78, 5) is 0. The van der Waals surface area contributed by atoms with Gasteiger partial charge in [-0.1, -0.05) is 87.3 Å². The fourth-order valence-corrected chi connectivity index (χ4v) is 6.32. The molecular weight excluding hydrogens is 340 g/mol. The van der Waals surface area contributed by atoms with E-state index in [0.717, 1.165) is 0 Å². The van der Waals surface area contributed by atoms with E-state index < -0.39 is 8.07 Å². The van der Waals surface area contributed by atoms with Crippen molar-refractivity contribution in [3.8, 4) is 0 Å². The second kappa shape index (κ2) is 10.5. The summed E-state index contributed by atoms with van der Waals surface area (Å²) in [7, 11) is -1.37. The molecule has 0 fully saturated rings. The van der Waals surface area contributed by atoms with E-state index in [1.807, 2.05) is 0 Å². The summed E-state index contributed by atoms with van der Waals surface area (Å²) in [5, 5.41) is 1.59. The molecule has 0 amide bonds. The van der Waals surface area contributed by atoms with E-state index >= 15 is 0 Å². The maximum absolute atomic E-state index is 2.51. The Hall–Kier alpha value is -0.499. The van der Waals surface area contributed by atoms with E-state index in [2.05, 4.69) is 56.4 Å². The van der Waals surface area contributed by atoms with Gasteiger partial charge < -0.3 is 22.3 Å². The number of rotatable bonds is 3. The van der Waals surface area contributed by atoms with Crippen LogP contribution in [0.5, 0.6) is 0 Å². The van der Waals surface area contributed by atoms with Crippen molar-refractivity contribution in [2.45, 2.75) is 51.7 Å². The van der Waals surface area contributed by atoms with Gasteiger partial charge in [-0.3, -0.25) is 0 Å². The van der Waals surface area contributed by atoms with Gasteiger partial charge in [0.15, 0.2) is 0 Å². The molecule has 0 aromatic heterocycles. The van der Waals surface area contributed by atoms with Crippen LogP contribution >= 0.6 is 0 Å². The Bertz CT molecular complexity index is 596. The van der Waals surface area contributed by atoms with Gasteiger partial charge in [0, 0.05) is 0 Å². The summed E-state index contributed by atoms with van der Waals surface area (Å²) in [5.41, 5.74) is 6.61. The van der Waals surface area contributed by atoms with Crippen molar-refractivity contribution in [1.29, 1.82) is 0 Å². The molecule has 0 saturated carbocycles. The molecule has 2 aromatic carbocycles. The minimum absolute atomic E-state index is 0. The molecule has 0 bridgehead atoms. The van der Waals surface area contributed by atoms with Crippen LogP contribution in [0.1, 0.15) is 35.1 Å². The van der Waals surface area contributed by atoms with Gasteiger partial charge in [-0.2, -0.15) is 28.3 Å². The Morgan fingerprint density at radius 2 is 1.54 bits per heavy atom. The van der Waals surface area contributed by atoms with Crippen molar-refractivity contribution in [3.05, 3.63) is 80.9 Å². The Labute approximate surface area is 167 Å². The number of hydrogen-bond donors (Lipinski definition) is 0. The minimum atomic E-state index is -1.37. The molecule has 2 aromatic rings. The first-order valence-corrected chi connectivity index (χ1v) is 11.1. The summed E-state index contributed by atoms with van der Waals surface area (Å²) in [6.07, 6.45) is 5.40. The molecule has 0 heterocycles. The summed E-state index contributed by atoms with van der Waals surface area (Å²) in [6, 6.07) is 15.0. The maximum Gasteiger partial charge on any atom is 4.00 e.